The van der Waals surface area contributed by atoms with Crippen molar-refractivity contribution in [2.24, 2.45) is 0 Å². The normalized spacial score (nSPS) is 21.3. The summed E-state index contributed by atoms with van der Waals surface area (Å²) in [6.45, 7) is 1.71. The van der Waals surface area contributed by atoms with Crippen LogP contribution in [0.15, 0.2) is 10.9 Å². The Kier molecular flexibility index (Phi) is 2.50. The quantitative estimate of drug-likeness (QED) is 0.872. The molecule has 0 bridgehead atoms. The van der Waals surface area contributed by atoms with Crippen molar-refractivity contribution >= 4 is 11.3 Å². The number of nitrogens with one attached hydrogen (secondary N) is 1. The number of hydrogen-bond donors (Lipinski definition) is 1. The molecular weight excluding hydrogens is 225 g/mol. The topological polar surface area (TPSA) is 24.9 Å². The van der Waals surface area contributed by atoms with E-state index in [1.165, 1.54) is 11.3 Å². The van der Waals surface area contributed by atoms with E-state index in [0.29, 0.717) is 5.69 Å². The Morgan fingerprint density at radius 3 is 2.60 bits per heavy atom. The third-order valence-electron chi connectivity index (χ3n) is 2.68. The van der Waals surface area contributed by atoms with Gasteiger partial charge in [0.1, 0.15) is 5.54 Å². The van der Waals surface area contributed by atoms with Crippen LogP contribution < -0.4 is 5.32 Å². The lowest BCUT2D eigenvalue weighted by atomic mass is 10.2. The lowest BCUT2D eigenvalue weighted by molar-refractivity contribution is -0.167. The van der Waals surface area contributed by atoms with Crippen LogP contribution in [0.3, 0.4) is 0 Å². The van der Waals surface area contributed by atoms with E-state index >= 15 is 0 Å². The summed E-state index contributed by atoms with van der Waals surface area (Å²) >= 11 is 1.39. The molecule has 1 fully saturated rings. The first-order valence-corrected chi connectivity index (χ1v) is 5.61. The fourth-order valence-corrected chi connectivity index (χ4v) is 2.21. The van der Waals surface area contributed by atoms with E-state index in [1.807, 2.05) is 0 Å². The largest absolute Gasteiger partial charge is 0.406 e. The van der Waals surface area contributed by atoms with E-state index in [2.05, 4.69) is 10.3 Å². The van der Waals surface area contributed by atoms with Gasteiger partial charge in [-0.15, -0.1) is 11.3 Å². The van der Waals surface area contributed by atoms with E-state index in [1.54, 1.807) is 17.8 Å². The summed E-state index contributed by atoms with van der Waals surface area (Å²) in [4.78, 5) is 4.00. The van der Waals surface area contributed by atoms with Crippen molar-refractivity contribution < 1.29 is 13.2 Å². The SMILES string of the molecule is CC(NC1(C(F)(F)F)CC1)c1cscn1. The summed E-state index contributed by atoms with van der Waals surface area (Å²) in [6.07, 6.45) is -3.81. The number of thiazole rings is 1. The summed E-state index contributed by atoms with van der Waals surface area (Å²) in [6, 6.07) is -0.347. The molecule has 2 rings (SSSR count). The van der Waals surface area contributed by atoms with Gasteiger partial charge in [-0.3, -0.25) is 5.32 Å². The minimum Gasteiger partial charge on any atom is -0.295 e. The van der Waals surface area contributed by atoms with Gasteiger partial charge in [0.05, 0.1) is 11.2 Å². The molecular formula is C9H11F3N2S. The Bertz CT molecular complexity index is 330. The second-order valence-corrected chi connectivity index (χ2v) is 4.58. The van der Waals surface area contributed by atoms with Crippen molar-refractivity contribution in [3.8, 4) is 0 Å². The van der Waals surface area contributed by atoms with Crippen molar-refractivity contribution in [2.45, 2.75) is 37.5 Å². The lowest BCUT2D eigenvalue weighted by Crippen LogP contribution is -2.45. The van der Waals surface area contributed by atoms with Gasteiger partial charge in [0.2, 0.25) is 0 Å². The standard InChI is InChI=1S/C9H11F3N2S/c1-6(7-4-15-5-13-7)14-8(2-3-8)9(10,11)12/h4-6,14H,2-3H2,1H3. The van der Waals surface area contributed by atoms with Crippen LogP contribution in [0.1, 0.15) is 31.5 Å². The van der Waals surface area contributed by atoms with Crippen LogP contribution in [0.4, 0.5) is 13.2 Å². The van der Waals surface area contributed by atoms with Gasteiger partial charge in [0, 0.05) is 11.4 Å². The van der Waals surface area contributed by atoms with Gasteiger partial charge in [-0.25, -0.2) is 4.98 Å². The molecule has 1 aromatic rings. The van der Waals surface area contributed by atoms with Crippen molar-refractivity contribution in [3.63, 3.8) is 0 Å². The Morgan fingerprint density at radius 1 is 1.53 bits per heavy atom. The molecule has 2 nitrogen and oxygen atoms in total. The number of aromatic nitrogens is 1. The fraction of sp³-hybridized carbons (Fsp3) is 0.667. The van der Waals surface area contributed by atoms with Crippen LogP contribution in [0.5, 0.6) is 0 Å². The molecule has 1 unspecified atom stereocenters. The highest BCUT2D eigenvalue weighted by atomic mass is 32.1. The van der Waals surface area contributed by atoms with Gasteiger partial charge < -0.3 is 0 Å². The monoisotopic (exact) mass is 236 g/mol. The van der Waals surface area contributed by atoms with Crippen molar-refractivity contribution in [1.29, 1.82) is 0 Å². The van der Waals surface area contributed by atoms with Crippen LogP contribution in [0, 0.1) is 0 Å². The highest BCUT2D eigenvalue weighted by Gasteiger charge is 2.63. The van der Waals surface area contributed by atoms with E-state index in [4.69, 9.17) is 0 Å². The van der Waals surface area contributed by atoms with E-state index in [9.17, 15) is 13.2 Å². The number of halogens is 3. The molecule has 1 heterocycles. The number of alkyl halides is 3. The van der Waals surface area contributed by atoms with Crippen molar-refractivity contribution in [2.75, 3.05) is 0 Å². The van der Waals surface area contributed by atoms with E-state index in [-0.39, 0.29) is 18.9 Å². The molecule has 15 heavy (non-hydrogen) atoms. The predicted molar refractivity (Wildman–Crippen MR) is 51.7 cm³/mol. The van der Waals surface area contributed by atoms with Crippen LogP contribution in [0.2, 0.25) is 0 Å². The van der Waals surface area contributed by atoms with Gasteiger partial charge in [-0.2, -0.15) is 13.2 Å². The molecule has 0 aromatic carbocycles. The second-order valence-electron chi connectivity index (χ2n) is 3.86. The summed E-state index contributed by atoms with van der Waals surface area (Å²) in [5.41, 5.74) is 0.645. The minimum atomic E-state index is -4.16. The van der Waals surface area contributed by atoms with Gasteiger partial charge in [-0.05, 0) is 19.8 Å². The van der Waals surface area contributed by atoms with Crippen LogP contribution in [-0.2, 0) is 0 Å². The molecule has 0 radical (unpaired) electrons. The zero-order chi connectivity index (χ0) is 11.1. The maximum absolute atomic E-state index is 12.6. The fourth-order valence-electron chi connectivity index (χ4n) is 1.56. The zero-order valence-electron chi connectivity index (χ0n) is 8.14. The Morgan fingerprint density at radius 2 is 2.20 bits per heavy atom. The molecule has 0 saturated heterocycles. The smallest absolute Gasteiger partial charge is 0.295 e. The first-order valence-electron chi connectivity index (χ1n) is 4.67. The molecule has 1 saturated carbocycles. The Balaban J connectivity index is 2.04. The molecule has 0 spiro atoms. The van der Waals surface area contributed by atoms with Gasteiger partial charge in [0.15, 0.2) is 0 Å². The Labute approximate surface area is 89.5 Å². The van der Waals surface area contributed by atoms with E-state index < -0.39 is 11.7 Å². The maximum Gasteiger partial charge on any atom is 0.406 e. The van der Waals surface area contributed by atoms with Gasteiger partial charge in [0.25, 0.3) is 0 Å². The molecule has 1 N–H and O–H groups in total. The third-order valence-corrected chi connectivity index (χ3v) is 3.29. The summed E-state index contributed by atoms with van der Waals surface area (Å²) in [5.74, 6) is 0. The number of hydrogen-bond acceptors (Lipinski definition) is 3. The average Bonchev–Trinajstić information content (AvgIpc) is 2.74. The Hall–Kier alpha value is -0.620. The van der Waals surface area contributed by atoms with Crippen LogP contribution in [-0.4, -0.2) is 16.7 Å². The number of nitrogens with zero attached hydrogens (tertiary/aromatic N) is 1. The number of rotatable bonds is 3. The first kappa shape index (κ1) is 10.9. The molecule has 84 valence electrons. The van der Waals surface area contributed by atoms with Crippen LogP contribution in [0.25, 0.3) is 0 Å². The lowest BCUT2D eigenvalue weighted by Gasteiger charge is -2.24. The zero-order valence-corrected chi connectivity index (χ0v) is 8.95. The molecule has 1 aliphatic rings. The van der Waals surface area contributed by atoms with Gasteiger partial charge in [-0.1, -0.05) is 0 Å². The highest BCUT2D eigenvalue weighted by molar-refractivity contribution is 7.07. The maximum atomic E-state index is 12.6. The first-order chi connectivity index (χ1) is 6.95. The summed E-state index contributed by atoms with van der Waals surface area (Å²) in [7, 11) is 0. The predicted octanol–water partition coefficient (Wildman–Crippen LogP) is 2.89. The van der Waals surface area contributed by atoms with Crippen molar-refractivity contribution in [1.82, 2.24) is 10.3 Å². The molecule has 1 aromatic heterocycles. The molecule has 0 amide bonds. The highest BCUT2D eigenvalue weighted by Crippen LogP contribution is 2.50. The van der Waals surface area contributed by atoms with E-state index in [0.717, 1.165) is 0 Å². The average molecular weight is 236 g/mol. The summed E-state index contributed by atoms with van der Waals surface area (Å²) in [5, 5.41) is 4.40. The molecule has 0 aliphatic heterocycles. The molecule has 6 heteroatoms. The summed E-state index contributed by atoms with van der Waals surface area (Å²) < 4.78 is 37.9. The minimum absolute atomic E-state index is 0.172. The van der Waals surface area contributed by atoms with Gasteiger partial charge >= 0.3 is 6.18 Å². The second kappa shape index (κ2) is 3.45. The van der Waals surface area contributed by atoms with Crippen LogP contribution >= 0.6 is 11.3 Å². The molecule has 1 atom stereocenters. The third kappa shape index (κ3) is 2.01. The van der Waals surface area contributed by atoms with Crippen molar-refractivity contribution in [3.05, 3.63) is 16.6 Å². The molecule has 1 aliphatic carbocycles.